The number of rotatable bonds is 18. The van der Waals surface area contributed by atoms with Gasteiger partial charge in [-0.25, -0.2) is 0 Å². The molecule has 0 saturated heterocycles. The molecule has 0 heterocycles. The number of carbonyl (C=O) groups excluding carboxylic acids is 6. The summed E-state index contributed by atoms with van der Waals surface area (Å²) in [4.78, 5) is 67.6. The number of Topliss-reactive ketones (excluding diaryl/α,β-unsaturated/α-hetero) is 2. The van der Waals surface area contributed by atoms with E-state index >= 15 is 0 Å². The van der Waals surface area contributed by atoms with Gasteiger partial charge < -0.3 is 18.9 Å². The SMILES string of the molecule is BrBr.C.C=C(Cl)CC(C)(C)C(=O)OCC.C=C(Cl)CCl.CCOC(=O)C(C)(C)CC(=O)CBr.CCOC(=O)C(C)(C)CC(=O)CSC(C)(C)C.CCOC(=O)C(C)C. The highest BCUT2D eigenvalue weighted by atomic mass is 80.9. The quantitative estimate of drug-likeness (QED) is 0.0736. The first-order chi connectivity index (χ1) is 25.9. The number of ether oxygens (including phenoxy) is 4. The molecule has 0 aliphatic rings. The molecule has 0 aliphatic heterocycles. The van der Waals surface area contributed by atoms with Crippen LogP contribution in [0.5, 0.6) is 0 Å². The molecule has 346 valence electrons. The van der Waals surface area contributed by atoms with Crippen LogP contribution < -0.4 is 0 Å². The molecule has 0 aromatic carbocycles. The predicted molar refractivity (Wildman–Crippen MR) is 258 cm³/mol. The van der Waals surface area contributed by atoms with Gasteiger partial charge in [0.15, 0.2) is 0 Å². The lowest BCUT2D eigenvalue weighted by atomic mass is 9.88. The summed E-state index contributed by atoms with van der Waals surface area (Å²) in [5.74, 6) is -0.0397. The van der Waals surface area contributed by atoms with Crippen molar-refractivity contribution in [3.05, 3.63) is 23.2 Å². The van der Waals surface area contributed by atoms with Gasteiger partial charge in [-0.15, -0.1) is 23.4 Å². The molecule has 0 atom stereocenters. The van der Waals surface area contributed by atoms with Crippen LogP contribution in [0.1, 0.15) is 131 Å². The fourth-order valence-corrected chi connectivity index (χ4v) is 4.59. The summed E-state index contributed by atoms with van der Waals surface area (Å²) in [5, 5.41) is 1.26. The van der Waals surface area contributed by atoms with Crippen LogP contribution in [0.3, 0.4) is 0 Å². The van der Waals surface area contributed by atoms with Crippen LogP contribution in [-0.4, -0.2) is 83.6 Å². The average Bonchev–Trinajstić information content (AvgIpc) is 3.08. The normalized spacial score (nSPS) is 10.4. The summed E-state index contributed by atoms with van der Waals surface area (Å²) in [6.07, 6.45) is 0.916. The van der Waals surface area contributed by atoms with Crippen LogP contribution in [0.15, 0.2) is 23.2 Å². The first kappa shape index (κ1) is 71.8. The third-order valence-corrected chi connectivity index (χ3v) is 8.80. The van der Waals surface area contributed by atoms with Crippen LogP contribution in [-0.2, 0) is 47.7 Å². The summed E-state index contributed by atoms with van der Waals surface area (Å²) in [6.45, 7) is 35.9. The van der Waals surface area contributed by atoms with Crippen LogP contribution >= 0.6 is 90.8 Å². The molecule has 0 aromatic rings. The Bertz CT molecular complexity index is 1190. The summed E-state index contributed by atoms with van der Waals surface area (Å²) in [5.41, 5.74) is -1.98. The van der Waals surface area contributed by atoms with E-state index in [-0.39, 0.29) is 71.7 Å². The Hall–Kier alpha value is -0.640. The van der Waals surface area contributed by atoms with E-state index in [0.29, 0.717) is 54.5 Å². The number of allylic oxidation sites excluding steroid dienone is 2. The summed E-state index contributed by atoms with van der Waals surface area (Å²) < 4.78 is 19.4. The maximum absolute atomic E-state index is 11.8. The smallest absolute Gasteiger partial charge is 0.311 e. The average molecular weight is 1110 g/mol. The molecule has 0 amide bonds. The first-order valence-electron chi connectivity index (χ1n) is 18.2. The van der Waals surface area contributed by atoms with Crippen molar-refractivity contribution < 1.29 is 47.7 Å². The molecule has 0 radical (unpaired) electrons. The van der Waals surface area contributed by atoms with Gasteiger partial charge in [-0.1, -0.05) is 94.3 Å². The van der Waals surface area contributed by atoms with Crippen LogP contribution in [0.25, 0.3) is 0 Å². The number of thioether (sulfide) groups is 1. The molecule has 58 heavy (non-hydrogen) atoms. The zero-order valence-corrected chi connectivity index (χ0v) is 44.7. The Labute approximate surface area is 395 Å². The van der Waals surface area contributed by atoms with Crippen LogP contribution in [0.2, 0.25) is 0 Å². The first-order valence-corrected chi connectivity index (χ1v) is 25.3. The fourth-order valence-electron chi connectivity index (χ4n) is 3.37. The number of ketones is 2. The maximum atomic E-state index is 11.8. The molecular weight excluding hydrogens is 1030 g/mol. The number of halogens is 6. The van der Waals surface area contributed by atoms with Crippen molar-refractivity contribution in [2.24, 2.45) is 22.2 Å². The second-order valence-electron chi connectivity index (χ2n) is 15.0. The van der Waals surface area contributed by atoms with Crippen LogP contribution in [0.4, 0.5) is 0 Å². The standard InChI is InChI=1S/C13H24O3S.C9H15BrO3.C9H15ClO2.C6H12O2.C3H4Cl2.CH4.Br2/c1-7-16-11(15)13(5,6)8-10(14)9-17-12(2,3)4;1-4-13-8(12)9(2,3)5-7(11)6-10;1-5-12-8(11)9(3,4)6-7(2)10;1-4-8-6(7)5(2)3;1-3(5)2-4;;1-2/h7-9H2,1-6H3;4-6H2,1-3H3;2,5-6H2,1,3-4H3;5H,4H2,1-3H3;1-2H2;1H4;. The molecule has 17 heteroatoms. The Morgan fingerprint density at radius 1 is 0.603 bits per heavy atom. The van der Waals surface area contributed by atoms with Gasteiger partial charge >= 0.3 is 23.9 Å². The Balaban J connectivity index is -0.000000115. The van der Waals surface area contributed by atoms with E-state index < -0.39 is 16.2 Å². The molecular formula is C41H74Br3Cl3O10S. The number of esters is 4. The summed E-state index contributed by atoms with van der Waals surface area (Å²) in [6, 6.07) is 0. The van der Waals surface area contributed by atoms with Crippen molar-refractivity contribution >= 4 is 126 Å². The zero-order valence-electron chi connectivity index (χ0n) is 36.8. The molecule has 0 unspecified atom stereocenters. The lowest BCUT2D eigenvalue weighted by Crippen LogP contribution is -2.30. The van der Waals surface area contributed by atoms with Gasteiger partial charge in [0.25, 0.3) is 0 Å². The number of hydrogen-bond acceptors (Lipinski definition) is 11. The minimum Gasteiger partial charge on any atom is -0.466 e. The van der Waals surface area contributed by atoms with Crippen molar-refractivity contribution in [2.75, 3.05) is 43.4 Å². The molecule has 10 nitrogen and oxygen atoms in total. The molecule has 0 aromatic heterocycles. The second-order valence-corrected chi connectivity index (χ2v) is 18.7. The van der Waals surface area contributed by atoms with Gasteiger partial charge in [0.2, 0.25) is 0 Å². The Kier molecular flexibility index (Phi) is 50.1. The van der Waals surface area contributed by atoms with E-state index in [0.717, 1.165) is 0 Å². The highest BCUT2D eigenvalue weighted by molar-refractivity contribution is 9.93. The van der Waals surface area contributed by atoms with Crippen LogP contribution in [0, 0.1) is 22.2 Å². The van der Waals surface area contributed by atoms with E-state index in [9.17, 15) is 28.8 Å². The van der Waals surface area contributed by atoms with E-state index in [4.69, 9.17) is 49.0 Å². The summed E-state index contributed by atoms with van der Waals surface area (Å²) in [7, 11) is 0. The lowest BCUT2D eigenvalue weighted by Gasteiger charge is -2.22. The highest BCUT2D eigenvalue weighted by Crippen LogP contribution is 2.29. The fraction of sp³-hybridized carbons (Fsp3) is 0.756. The highest BCUT2D eigenvalue weighted by Gasteiger charge is 2.33. The predicted octanol–water partition coefficient (Wildman–Crippen LogP) is 13.2. The molecule has 0 N–H and O–H groups in total. The van der Waals surface area contributed by atoms with Gasteiger partial charge in [0.1, 0.15) is 11.6 Å². The monoisotopic (exact) mass is 1100 g/mol. The Morgan fingerprint density at radius 2 is 0.897 bits per heavy atom. The number of carbonyl (C=O) groups is 6. The van der Waals surface area contributed by atoms with Gasteiger partial charge in [0, 0.05) is 55.9 Å². The lowest BCUT2D eigenvalue weighted by molar-refractivity contribution is -0.155. The minimum absolute atomic E-state index is 0. The second kappa shape index (κ2) is 40.4. The van der Waals surface area contributed by atoms with Gasteiger partial charge in [-0.3, -0.25) is 28.8 Å². The topological polar surface area (TPSA) is 139 Å². The van der Waals surface area contributed by atoms with Crippen molar-refractivity contribution in [1.82, 2.24) is 0 Å². The van der Waals surface area contributed by atoms with Crippen molar-refractivity contribution in [1.29, 1.82) is 0 Å². The Morgan fingerprint density at radius 3 is 1.10 bits per heavy atom. The van der Waals surface area contributed by atoms with Gasteiger partial charge in [-0.05, 0) is 75.7 Å². The third kappa shape index (κ3) is 48.0. The molecule has 0 aliphatic carbocycles. The van der Waals surface area contributed by atoms with Gasteiger partial charge in [-0.2, -0.15) is 0 Å². The largest absolute Gasteiger partial charge is 0.466 e. The minimum atomic E-state index is -0.717. The van der Waals surface area contributed by atoms with E-state index in [2.05, 4.69) is 82.9 Å². The van der Waals surface area contributed by atoms with Crippen molar-refractivity contribution in [2.45, 2.75) is 135 Å². The summed E-state index contributed by atoms with van der Waals surface area (Å²) >= 11 is 26.0. The molecule has 0 rings (SSSR count). The van der Waals surface area contributed by atoms with Crippen molar-refractivity contribution in [3.8, 4) is 0 Å². The molecule has 0 spiro atoms. The van der Waals surface area contributed by atoms with Crippen molar-refractivity contribution in [3.63, 3.8) is 0 Å². The molecule has 0 bridgehead atoms. The molecule has 0 fully saturated rings. The zero-order chi connectivity index (χ0) is 46.8. The maximum Gasteiger partial charge on any atom is 0.311 e. The third-order valence-electron chi connectivity index (χ3n) is 6.11. The van der Waals surface area contributed by atoms with Gasteiger partial charge in [0.05, 0.1) is 65.6 Å². The van der Waals surface area contributed by atoms with E-state index in [1.165, 1.54) is 0 Å². The van der Waals surface area contributed by atoms with E-state index in [1.54, 1.807) is 81.0 Å². The number of hydrogen-bond donors (Lipinski definition) is 0. The number of alkyl halides is 2. The molecule has 0 saturated carbocycles. The van der Waals surface area contributed by atoms with E-state index in [1.807, 2.05) is 13.8 Å².